The van der Waals surface area contributed by atoms with Gasteiger partial charge in [-0.25, -0.2) is 0 Å². The van der Waals surface area contributed by atoms with Crippen LogP contribution in [0.25, 0.3) is 0 Å². The molecule has 1 atom stereocenters. The maximum absolute atomic E-state index is 10.2. The second-order valence-corrected chi connectivity index (χ2v) is 6.77. The number of aliphatic hydroxyl groups excluding tert-OH is 1. The number of hydrogen-bond acceptors (Lipinski definition) is 2. The van der Waals surface area contributed by atoms with Crippen molar-refractivity contribution in [2.45, 2.75) is 26.9 Å². The second-order valence-electron chi connectivity index (χ2n) is 6.39. The Hall–Kier alpha value is -0.810. The topological polar surface area (TPSA) is 38.3 Å². The van der Waals surface area contributed by atoms with E-state index < -0.39 is 6.10 Å². The van der Waals surface area contributed by atoms with Crippen molar-refractivity contribution < 1.29 is 19.6 Å². The molecule has 1 aromatic rings. The summed E-state index contributed by atoms with van der Waals surface area (Å²) in [6, 6.07) is 3.86. The van der Waals surface area contributed by atoms with Crippen LogP contribution in [-0.4, -0.2) is 57.1 Å². The van der Waals surface area contributed by atoms with Gasteiger partial charge in [-0.1, -0.05) is 11.6 Å². The normalized spacial score (nSPS) is 23.3. The summed E-state index contributed by atoms with van der Waals surface area (Å²) in [6.07, 6.45) is -0.422. The van der Waals surface area contributed by atoms with Gasteiger partial charge in [-0.2, -0.15) is 0 Å². The van der Waals surface area contributed by atoms with Gasteiger partial charge in [-0.15, -0.1) is 0 Å². The molecule has 4 nitrogen and oxygen atoms in total. The maximum atomic E-state index is 10.2. The Bertz CT molecular complexity index is 465. The number of ether oxygens (including phenoxy) is 1. The van der Waals surface area contributed by atoms with Gasteiger partial charge in [-0.3, -0.25) is 0 Å². The number of likely N-dealkylation sites (N-methyl/N-ethyl adjacent to an activating group) is 1. The second kappa shape index (κ2) is 8.16. The zero-order valence-electron chi connectivity index (χ0n) is 13.9. The Morgan fingerprint density at radius 1 is 1.14 bits per heavy atom. The van der Waals surface area contributed by atoms with E-state index in [1.54, 1.807) is 4.90 Å². The first kappa shape index (κ1) is 17.5. The number of quaternary nitrogens is 2. The Balaban J connectivity index is 1.77. The first-order chi connectivity index (χ1) is 10.5. The highest BCUT2D eigenvalue weighted by atomic mass is 35.5. The molecule has 0 unspecified atom stereocenters. The lowest BCUT2D eigenvalue weighted by molar-refractivity contribution is -1.01. The predicted octanol–water partition coefficient (Wildman–Crippen LogP) is -0.500. The average molecular weight is 329 g/mol. The molecule has 124 valence electrons. The molecule has 5 heteroatoms. The highest BCUT2D eigenvalue weighted by Crippen LogP contribution is 2.25. The van der Waals surface area contributed by atoms with E-state index in [1.807, 2.05) is 26.0 Å². The number of benzene rings is 1. The number of piperazine rings is 1. The smallest absolute Gasteiger partial charge is 0.137 e. The van der Waals surface area contributed by atoms with E-state index >= 15 is 0 Å². The predicted molar refractivity (Wildman–Crippen MR) is 89.2 cm³/mol. The van der Waals surface area contributed by atoms with E-state index in [0.717, 1.165) is 41.5 Å². The molecule has 1 aliphatic heterocycles. The minimum Gasteiger partial charge on any atom is -0.491 e. The fraction of sp³-hybridized carbons (Fsp3) is 0.647. The van der Waals surface area contributed by atoms with Crippen LogP contribution in [0.15, 0.2) is 12.1 Å². The number of nitrogens with one attached hydrogen (secondary N) is 2. The van der Waals surface area contributed by atoms with E-state index in [0.29, 0.717) is 6.61 Å². The number of aryl methyl sites for hydroxylation is 2. The average Bonchev–Trinajstić information content (AvgIpc) is 2.51. The molecule has 0 saturated carbocycles. The Morgan fingerprint density at radius 2 is 1.68 bits per heavy atom. The Kier molecular flexibility index (Phi) is 6.50. The molecule has 0 bridgehead atoms. The molecular formula is C17H29ClN2O2+2. The van der Waals surface area contributed by atoms with Crippen molar-refractivity contribution in [1.29, 1.82) is 0 Å². The van der Waals surface area contributed by atoms with E-state index in [9.17, 15) is 5.11 Å². The fourth-order valence-electron chi connectivity index (χ4n) is 3.09. The summed E-state index contributed by atoms with van der Waals surface area (Å²) in [5.74, 6) is 0.786. The third-order valence-electron chi connectivity index (χ3n) is 4.54. The summed E-state index contributed by atoms with van der Waals surface area (Å²) in [6.45, 7) is 13.2. The van der Waals surface area contributed by atoms with Gasteiger partial charge in [0.15, 0.2) is 0 Å². The van der Waals surface area contributed by atoms with Gasteiger partial charge in [0.2, 0.25) is 0 Å². The lowest BCUT2D eigenvalue weighted by atomic mass is 10.1. The first-order valence-electron chi connectivity index (χ1n) is 8.24. The Labute approximate surface area is 138 Å². The van der Waals surface area contributed by atoms with Crippen LogP contribution in [-0.2, 0) is 0 Å². The molecule has 3 N–H and O–H groups in total. The summed E-state index contributed by atoms with van der Waals surface area (Å²) in [4.78, 5) is 3.15. The summed E-state index contributed by atoms with van der Waals surface area (Å²) in [5.41, 5.74) is 2.02. The summed E-state index contributed by atoms with van der Waals surface area (Å²) < 4.78 is 5.74. The van der Waals surface area contributed by atoms with Crippen LogP contribution in [0.4, 0.5) is 0 Å². The van der Waals surface area contributed by atoms with Crippen molar-refractivity contribution in [1.82, 2.24) is 0 Å². The number of hydrogen-bond donors (Lipinski definition) is 3. The molecule has 22 heavy (non-hydrogen) atoms. The minimum atomic E-state index is -0.422. The van der Waals surface area contributed by atoms with E-state index in [1.165, 1.54) is 24.5 Å². The molecule has 0 aromatic heterocycles. The maximum Gasteiger partial charge on any atom is 0.137 e. The van der Waals surface area contributed by atoms with Gasteiger partial charge in [-0.05, 0) is 44.0 Å². The molecule has 2 rings (SSSR count). The minimum absolute atomic E-state index is 0.342. The van der Waals surface area contributed by atoms with Crippen molar-refractivity contribution in [3.8, 4) is 5.75 Å². The van der Waals surface area contributed by atoms with E-state index in [2.05, 4.69) is 6.92 Å². The summed E-state index contributed by atoms with van der Waals surface area (Å²) in [7, 11) is 0. The standard InChI is InChI=1S/C17H27ClN2O2/c1-4-19-5-7-20(8-6-19)11-15(21)12-22-16-9-13(2)17(18)14(3)10-16/h9-10,15,21H,4-8,11-12H2,1-3H3/p+2/t15-/m1/s1. The van der Waals surface area contributed by atoms with Gasteiger partial charge in [0, 0.05) is 5.02 Å². The van der Waals surface area contributed by atoms with Gasteiger partial charge in [0.25, 0.3) is 0 Å². The third kappa shape index (κ3) is 4.85. The summed E-state index contributed by atoms with van der Waals surface area (Å²) >= 11 is 6.15. The zero-order chi connectivity index (χ0) is 16.1. The highest BCUT2D eigenvalue weighted by Gasteiger charge is 2.24. The van der Waals surface area contributed by atoms with Crippen LogP contribution < -0.4 is 14.5 Å². The number of aliphatic hydroxyl groups is 1. The number of rotatable bonds is 6. The van der Waals surface area contributed by atoms with Crippen molar-refractivity contribution >= 4 is 11.6 Å². The molecule has 0 amide bonds. The highest BCUT2D eigenvalue weighted by molar-refractivity contribution is 6.32. The number of halogens is 1. The van der Waals surface area contributed by atoms with Crippen molar-refractivity contribution in [2.75, 3.05) is 45.9 Å². The Morgan fingerprint density at radius 3 is 2.23 bits per heavy atom. The SMILES string of the molecule is CC[NH+]1CC[NH+](C[C@@H](O)COc2cc(C)c(Cl)c(C)c2)CC1. The van der Waals surface area contributed by atoms with Crippen molar-refractivity contribution in [3.05, 3.63) is 28.3 Å². The molecule has 1 aromatic carbocycles. The van der Waals surface area contributed by atoms with Crippen LogP contribution in [0, 0.1) is 13.8 Å². The van der Waals surface area contributed by atoms with E-state index in [4.69, 9.17) is 16.3 Å². The molecule has 0 aliphatic carbocycles. The van der Waals surface area contributed by atoms with Crippen LogP contribution in [0.2, 0.25) is 5.02 Å². The molecule has 0 radical (unpaired) electrons. The lowest BCUT2D eigenvalue weighted by Crippen LogP contribution is -3.28. The molecule has 1 saturated heterocycles. The van der Waals surface area contributed by atoms with Crippen molar-refractivity contribution in [2.24, 2.45) is 0 Å². The molecular weight excluding hydrogens is 300 g/mol. The van der Waals surface area contributed by atoms with E-state index in [-0.39, 0.29) is 0 Å². The first-order valence-corrected chi connectivity index (χ1v) is 8.62. The monoisotopic (exact) mass is 328 g/mol. The molecule has 1 fully saturated rings. The molecule has 0 spiro atoms. The van der Waals surface area contributed by atoms with Gasteiger partial charge in [0.05, 0.1) is 6.54 Å². The van der Waals surface area contributed by atoms with Crippen molar-refractivity contribution in [3.63, 3.8) is 0 Å². The van der Waals surface area contributed by atoms with Crippen LogP contribution >= 0.6 is 11.6 Å². The fourth-order valence-corrected chi connectivity index (χ4v) is 3.20. The summed E-state index contributed by atoms with van der Waals surface area (Å²) in [5, 5.41) is 11.0. The van der Waals surface area contributed by atoms with Gasteiger partial charge in [0.1, 0.15) is 51.2 Å². The third-order valence-corrected chi connectivity index (χ3v) is 5.14. The molecule has 1 heterocycles. The quantitative estimate of drug-likeness (QED) is 0.659. The molecule has 1 aliphatic rings. The lowest BCUT2D eigenvalue weighted by Gasteiger charge is -2.30. The zero-order valence-corrected chi connectivity index (χ0v) is 14.7. The van der Waals surface area contributed by atoms with Gasteiger partial charge >= 0.3 is 0 Å². The van der Waals surface area contributed by atoms with Crippen LogP contribution in [0.1, 0.15) is 18.1 Å². The van der Waals surface area contributed by atoms with Crippen LogP contribution in [0.3, 0.4) is 0 Å². The van der Waals surface area contributed by atoms with Crippen LogP contribution in [0.5, 0.6) is 5.75 Å². The largest absolute Gasteiger partial charge is 0.491 e. The van der Waals surface area contributed by atoms with Gasteiger partial charge < -0.3 is 19.6 Å².